The van der Waals surface area contributed by atoms with E-state index in [4.69, 9.17) is 14.3 Å². The average Bonchev–Trinajstić information content (AvgIpc) is 3.24. The predicted octanol–water partition coefficient (Wildman–Crippen LogP) is 0.811. The van der Waals surface area contributed by atoms with E-state index in [1.54, 1.807) is 4.90 Å². The van der Waals surface area contributed by atoms with Crippen molar-refractivity contribution in [3.8, 4) is 0 Å². The Morgan fingerprint density at radius 2 is 1.84 bits per heavy atom. The third-order valence-corrected chi connectivity index (χ3v) is 6.70. The Morgan fingerprint density at radius 3 is 2.52 bits per heavy atom. The summed E-state index contributed by atoms with van der Waals surface area (Å²) in [6.45, 7) is 10.3. The molecule has 1 amide bonds. The molecule has 0 saturated carbocycles. The number of nitrogens with zero attached hydrogens (tertiary/aromatic N) is 2. The second-order valence-corrected chi connectivity index (χ2v) is 10.1. The molecular formula is C21H38FN5O4. The van der Waals surface area contributed by atoms with Crippen LogP contribution in [0.1, 0.15) is 40.0 Å². The Balaban J connectivity index is 1.24. The number of carbonyl (C=O) groups is 1. The van der Waals surface area contributed by atoms with Crippen LogP contribution in [0.15, 0.2) is 0 Å². The molecule has 4 aliphatic heterocycles. The van der Waals surface area contributed by atoms with Crippen LogP contribution in [-0.2, 0) is 14.3 Å². The summed E-state index contributed by atoms with van der Waals surface area (Å²) in [6, 6.07) is -0.0594. The smallest absolute Gasteiger partial charge is 0.410 e. The molecule has 0 bridgehead atoms. The number of hydrogen-bond donors (Lipinski definition) is 3. The van der Waals surface area contributed by atoms with Gasteiger partial charge in [-0.05, 0) is 46.0 Å². The first-order chi connectivity index (χ1) is 14.8. The molecule has 5 atom stereocenters. The molecule has 4 heterocycles. The van der Waals surface area contributed by atoms with Crippen molar-refractivity contribution in [2.75, 3.05) is 45.9 Å². The number of rotatable bonds is 3. The van der Waals surface area contributed by atoms with E-state index in [2.05, 4.69) is 21.0 Å². The van der Waals surface area contributed by atoms with Gasteiger partial charge in [-0.15, -0.1) is 0 Å². The fourth-order valence-electron chi connectivity index (χ4n) is 4.97. The monoisotopic (exact) mass is 443 g/mol. The van der Waals surface area contributed by atoms with Gasteiger partial charge >= 0.3 is 6.09 Å². The number of alkyl halides is 1. The first-order valence-electron chi connectivity index (χ1n) is 11.6. The summed E-state index contributed by atoms with van der Waals surface area (Å²) < 4.78 is 25.5. The number of hydroxylamine groups is 1. The van der Waals surface area contributed by atoms with Crippen LogP contribution in [-0.4, -0.2) is 98.1 Å². The number of morpholine rings is 1. The van der Waals surface area contributed by atoms with Crippen molar-refractivity contribution in [3.63, 3.8) is 0 Å². The summed E-state index contributed by atoms with van der Waals surface area (Å²) in [4.78, 5) is 22.2. The number of carbonyl (C=O) groups excluding carboxylic acids is 1. The van der Waals surface area contributed by atoms with E-state index in [0.29, 0.717) is 45.2 Å². The van der Waals surface area contributed by atoms with Gasteiger partial charge in [0.2, 0.25) is 0 Å². The van der Waals surface area contributed by atoms with Gasteiger partial charge in [-0.25, -0.2) is 9.18 Å². The summed E-state index contributed by atoms with van der Waals surface area (Å²) in [5.74, 6) is 0.358. The molecule has 178 valence electrons. The maximum atomic E-state index is 14.6. The van der Waals surface area contributed by atoms with Gasteiger partial charge in [0.25, 0.3) is 0 Å². The maximum Gasteiger partial charge on any atom is 0.410 e. The van der Waals surface area contributed by atoms with Crippen molar-refractivity contribution in [3.05, 3.63) is 0 Å². The second-order valence-electron chi connectivity index (χ2n) is 10.1. The second kappa shape index (κ2) is 9.84. The number of ether oxygens (including phenoxy) is 2. The van der Waals surface area contributed by atoms with Crippen LogP contribution in [0.25, 0.3) is 0 Å². The Hall–Kier alpha value is -1.04. The van der Waals surface area contributed by atoms with Crippen LogP contribution in [0.5, 0.6) is 0 Å². The van der Waals surface area contributed by atoms with Crippen LogP contribution in [0.3, 0.4) is 0 Å². The quantitative estimate of drug-likeness (QED) is 0.591. The van der Waals surface area contributed by atoms with Gasteiger partial charge in [-0.1, -0.05) is 0 Å². The zero-order valence-corrected chi connectivity index (χ0v) is 18.9. The minimum Gasteiger partial charge on any atom is -0.444 e. The minimum atomic E-state index is -0.878. The van der Waals surface area contributed by atoms with Crippen LogP contribution in [0, 0.1) is 5.92 Å². The molecule has 0 aromatic heterocycles. The lowest BCUT2D eigenvalue weighted by Crippen LogP contribution is -2.61. The van der Waals surface area contributed by atoms with Gasteiger partial charge in [0, 0.05) is 38.8 Å². The summed E-state index contributed by atoms with van der Waals surface area (Å²) >= 11 is 0. The van der Waals surface area contributed by atoms with E-state index in [9.17, 15) is 9.18 Å². The fourth-order valence-corrected chi connectivity index (χ4v) is 4.97. The minimum absolute atomic E-state index is 0.0255. The molecule has 31 heavy (non-hydrogen) atoms. The highest BCUT2D eigenvalue weighted by atomic mass is 19.1. The Labute approximate surface area is 184 Å². The highest BCUT2D eigenvalue weighted by molar-refractivity contribution is 5.68. The van der Waals surface area contributed by atoms with Crippen LogP contribution >= 0.6 is 0 Å². The number of piperidine rings is 2. The molecule has 0 aromatic carbocycles. The van der Waals surface area contributed by atoms with Crippen LogP contribution < -0.4 is 16.1 Å². The molecule has 9 nitrogen and oxygen atoms in total. The van der Waals surface area contributed by atoms with Gasteiger partial charge < -0.3 is 19.7 Å². The normalized spacial score (nSPS) is 36.5. The summed E-state index contributed by atoms with van der Waals surface area (Å²) in [7, 11) is 0. The van der Waals surface area contributed by atoms with E-state index >= 15 is 0 Å². The summed E-state index contributed by atoms with van der Waals surface area (Å²) in [5, 5.41) is 6.87. The number of amides is 1. The zero-order chi connectivity index (χ0) is 22.0. The summed E-state index contributed by atoms with van der Waals surface area (Å²) in [6.07, 6.45) is 1.15. The number of nitrogens with one attached hydrogen (secondary N) is 3. The molecule has 3 N–H and O–H groups in total. The first kappa shape index (κ1) is 23.1. The largest absolute Gasteiger partial charge is 0.444 e. The van der Waals surface area contributed by atoms with Crippen LogP contribution in [0.4, 0.5) is 9.18 Å². The number of hydrogen-bond acceptors (Lipinski definition) is 8. The molecular weight excluding hydrogens is 405 g/mol. The van der Waals surface area contributed by atoms with Gasteiger partial charge in [0.15, 0.2) is 0 Å². The molecule has 0 aliphatic carbocycles. The summed E-state index contributed by atoms with van der Waals surface area (Å²) in [5.41, 5.74) is 2.67. The van der Waals surface area contributed by atoms with Gasteiger partial charge in [0.05, 0.1) is 25.4 Å². The first-order valence-corrected chi connectivity index (χ1v) is 11.6. The lowest BCUT2D eigenvalue weighted by Gasteiger charge is -2.42. The highest BCUT2D eigenvalue weighted by Gasteiger charge is 2.42. The third kappa shape index (κ3) is 5.85. The molecule has 4 rings (SSSR count). The molecule has 5 unspecified atom stereocenters. The van der Waals surface area contributed by atoms with Gasteiger partial charge in [-0.3, -0.25) is 15.1 Å². The SMILES string of the molecule is CC(C)(C)OC(=O)N1CCC(C2NOC(C3CC(N4CCOCC4)C(F)CN3)N2)CC1. The molecule has 0 spiro atoms. The van der Waals surface area contributed by atoms with Crippen molar-refractivity contribution < 1.29 is 23.5 Å². The van der Waals surface area contributed by atoms with Crippen LogP contribution in [0.2, 0.25) is 0 Å². The van der Waals surface area contributed by atoms with Gasteiger partial charge in [0.1, 0.15) is 18.0 Å². The molecule has 4 fully saturated rings. The Bertz CT molecular complexity index is 607. The van der Waals surface area contributed by atoms with E-state index in [1.807, 2.05) is 20.8 Å². The average molecular weight is 444 g/mol. The molecule has 10 heteroatoms. The van der Waals surface area contributed by atoms with Crippen molar-refractivity contribution >= 4 is 6.09 Å². The highest BCUT2D eigenvalue weighted by Crippen LogP contribution is 2.27. The molecule has 0 radical (unpaired) electrons. The predicted molar refractivity (Wildman–Crippen MR) is 113 cm³/mol. The van der Waals surface area contributed by atoms with Crippen molar-refractivity contribution in [1.82, 2.24) is 25.9 Å². The van der Waals surface area contributed by atoms with E-state index in [0.717, 1.165) is 25.9 Å². The number of halogens is 1. The van der Waals surface area contributed by atoms with Gasteiger partial charge in [-0.2, -0.15) is 5.48 Å². The van der Waals surface area contributed by atoms with E-state index in [1.165, 1.54) is 0 Å². The molecule has 0 aromatic rings. The molecule has 4 aliphatic rings. The Morgan fingerprint density at radius 1 is 1.13 bits per heavy atom. The van der Waals surface area contributed by atoms with E-state index < -0.39 is 11.8 Å². The van der Waals surface area contributed by atoms with Crippen molar-refractivity contribution in [2.24, 2.45) is 5.92 Å². The van der Waals surface area contributed by atoms with E-state index in [-0.39, 0.29) is 30.6 Å². The lowest BCUT2D eigenvalue weighted by atomic mass is 9.92. The topological polar surface area (TPSA) is 87.3 Å². The maximum absolute atomic E-state index is 14.6. The number of likely N-dealkylation sites (tertiary alicyclic amines) is 1. The Kier molecular flexibility index (Phi) is 7.34. The lowest BCUT2D eigenvalue weighted by molar-refractivity contribution is -0.0464. The third-order valence-electron chi connectivity index (χ3n) is 6.70. The zero-order valence-electron chi connectivity index (χ0n) is 18.9. The fraction of sp³-hybridized carbons (Fsp3) is 0.952. The standard InChI is InChI=1S/C21H38FN5O4/c1-21(2,3)30-20(28)27-6-4-14(5-7-27)18-24-19(31-25-18)16-12-17(15(22)13-23-16)26-8-10-29-11-9-26/h14-19,23-25H,4-13H2,1-3H3. The van der Waals surface area contributed by atoms with Crippen molar-refractivity contribution in [2.45, 2.75) is 76.3 Å². The molecule has 4 saturated heterocycles. The van der Waals surface area contributed by atoms with Crippen molar-refractivity contribution in [1.29, 1.82) is 0 Å².